The van der Waals surface area contributed by atoms with Gasteiger partial charge in [0, 0.05) is 19.0 Å². The molecule has 2 amide bonds. The van der Waals surface area contributed by atoms with Crippen LogP contribution in [0.25, 0.3) is 0 Å². The van der Waals surface area contributed by atoms with Gasteiger partial charge in [-0.3, -0.25) is 14.4 Å². The standard InChI is InChI=1S/C30H41N3O4/c34-28(32-27(22-30(36)37)15-14-24-8-3-1-4-9-24)23-33(21-18-25-10-5-2-6-11-25)29(35)13-7-12-26-16-19-31-20-17-26/h1-6,8-11,26-27,31H,7,12-23H2,(H,32,34)(H,36,37)/t27-/m1/s1. The third kappa shape index (κ3) is 11.2. The first kappa shape index (κ1) is 28.4. The first-order chi connectivity index (χ1) is 18.0. The SMILES string of the molecule is O=C(O)C[C@@H](CCc1ccccc1)NC(=O)CN(CCc1ccccc1)C(=O)CCCC1CCNCC1. The van der Waals surface area contributed by atoms with E-state index >= 15 is 0 Å². The molecule has 7 heteroatoms. The molecule has 1 aliphatic rings. The lowest BCUT2D eigenvalue weighted by Crippen LogP contribution is -2.45. The summed E-state index contributed by atoms with van der Waals surface area (Å²) in [4.78, 5) is 39.2. The number of rotatable bonds is 15. The molecule has 1 saturated heterocycles. The predicted octanol–water partition coefficient (Wildman–Crippen LogP) is 3.82. The Morgan fingerprint density at radius 2 is 1.57 bits per heavy atom. The molecular weight excluding hydrogens is 466 g/mol. The maximum absolute atomic E-state index is 13.2. The van der Waals surface area contributed by atoms with Crippen LogP contribution >= 0.6 is 0 Å². The lowest BCUT2D eigenvalue weighted by atomic mass is 9.92. The number of benzene rings is 2. The first-order valence-electron chi connectivity index (χ1n) is 13.6. The van der Waals surface area contributed by atoms with Crippen molar-refractivity contribution in [2.24, 2.45) is 5.92 Å². The highest BCUT2D eigenvalue weighted by atomic mass is 16.4. The van der Waals surface area contributed by atoms with Gasteiger partial charge in [0.2, 0.25) is 11.8 Å². The Balaban J connectivity index is 1.56. The van der Waals surface area contributed by atoms with E-state index in [9.17, 15) is 19.5 Å². The lowest BCUT2D eigenvalue weighted by molar-refractivity contribution is -0.139. The quantitative estimate of drug-likeness (QED) is 0.340. The van der Waals surface area contributed by atoms with Gasteiger partial charge in [-0.1, -0.05) is 60.7 Å². The van der Waals surface area contributed by atoms with E-state index in [2.05, 4.69) is 10.6 Å². The molecule has 1 heterocycles. The average molecular weight is 508 g/mol. The van der Waals surface area contributed by atoms with Gasteiger partial charge in [-0.15, -0.1) is 0 Å². The van der Waals surface area contributed by atoms with Crippen LogP contribution in [-0.4, -0.2) is 60.0 Å². The highest BCUT2D eigenvalue weighted by Crippen LogP contribution is 2.19. The third-order valence-corrected chi connectivity index (χ3v) is 7.07. The Hall–Kier alpha value is -3.19. The van der Waals surface area contributed by atoms with Gasteiger partial charge in [-0.2, -0.15) is 0 Å². The number of carbonyl (C=O) groups is 3. The number of piperidine rings is 1. The molecular formula is C30H41N3O4. The second kappa shape index (κ2) is 15.8. The number of nitrogens with zero attached hydrogens (tertiary/aromatic N) is 1. The molecule has 2 aromatic carbocycles. The summed E-state index contributed by atoms with van der Waals surface area (Å²) < 4.78 is 0. The van der Waals surface area contributed by atoms with Crippen molar-refractivity contribution in [1.29, 1.82) is 0 Å². The molecule has 3 N–H and O–H groups in total. The summed E-state index contributed by atoms with van der Waals surface area (Å²) >= 11 is 0. The maximum atomic E-state index is 13.2. The van der Waals surface area contributed by atoms with E-state index in [0.717, 1.165) is 49.9 Å². The third-order valence-electron chi connectivity index (χ3n) is 7.07. The molecule has 0 bridgehead atoms. The van der Waals surface area contributed by atoms with Crippen LogP contribution in [0.1, 0.15) is 56.1 Å². The van der Waals surface area contributed by atoms with Crippen LogP contribution in [0.3, 0.4) is 0 Å². The minimum atomic E-state index is -0.951. The van der Waals surface area contributed by atoms with Gasteiger partial charge in [-0.25, -0.2) is 0 Å². The Labute approximate surface area is 220 Å². The Bertz CT molecular complexity index is 961. The number of carboxylic acids is 1. The number of carbonyl (C=O) groups excluding carboxylic acids is 2. The number of aliphatic carboxylic acids is 1. The van der Waals surface area contributed by atoms with Crippen molar-refractivity contribution in [2.45, 2.75) is 63.8 Å². The fourth-order valence-corrected chi connectivity index (χ4v) is 4.94. The van der Waals surface area contributed by atoms with Crippen LogP contribution in [0.15, 0.2) is 60.7 Å². The van der Waals surface area contributed by atoms with Crippen molar-refractivity contribution in [2.75, 3.05) is 26.2 Å². The molecule has 0 spiro atoms. The Morgan fingerprint density at radius 1 is 0.946 bits per heavy atom. The molecule has 37 heavy (non-hydrogen) atoms. The van der Waals surface area contributed by atoms with Crippen LogP contribution in [0.4, 0.5) is 0 Å². The number of aryl methyl sites for hydroxylation is 1. The molecule has 7 nitrogen and oxygen atoms in total. The fourth-order valence-electron chi connectivity index (χ4n) is 4.94. The summed E-state index contributed by atoms with van der Waals surface area (Å²) in [7, 11) is 0. The van der Waals surface area contributed by atoms with Crippen LogP contribution in [0.5, 0.6) is 0 Å². The zero-order valence-corrected chi connectivity index (χ0v) is 21.7. The van der Waals surface area contributed by atoms with Gasteiger partial charge >= 0.3 is 5.97 Å². The number of hydrogen-bond acceptors (Lipinski definition) is 4. The number of amides is 2. The summed E-state index contributed by atoms with van der Waals surface area (Å²) in [6.07, 6.45) is 6.32. The maximum Gasteiger partial charge on any atom is 0.305 e. The van der Waals surface area contributed by atoms with Gasteiger partial charge in [0.1, 0.15) is 0 Å². The van der Waals surface area contributed by atoms with E-state index < -0.39 is 12.0 Å². The molecule has 1 atom stereocenters. The highest BCUT2D eigenvalue weighted by molar-refractivity contribution is 5.85. The molecule has 1 fully saturated rings. The summed E-state index contributed by atoms with van der Waals surface area (Å²) in [5.74, 6) is -0.608. The normalized spacial score (nSPS) is 14.6. The summed E-state index contributed by atoms with van der Waals surface area (Å²) in [5, 5.41) is 15.6. The van der Waals surface area contributed by atoms with Gasteiger partial charge in [0.15, 0.2) is 0 Å². The van der Waals surface area contributed by atoms with Crippen molar-refractivity contribution >= 4 is 17.8 Å². The Kier molecular flexibility index (Phi) is 12.1. The Morgan fingerprint density at radius 3 is 2.19 bits per heavy atom. The van der Waals surface area contributed by atoms with Gasteiger partial charge in [0.25, 0.3) is 0 Å². The number of hydrogen-bond donors (Lipinski definition) is 3. The highest BCUT2D eigenvalue weighted by Gasteiger charge is 2.21. The summed E-state index contributed by atoms with van der Waals surface area (Å²) in [6.45, 7) is 2.49. The molecule has 3 rings (SSSR count). The van der Waals surface area contributed by atoms with Crippen molar-refractivity contribution < 1.29 is 19.5 Å². The van der Waals surface area contributed by atoms with Crippen molar-refractivity contribution in [1.82, 2.24) is 15.5 Å². The van der Waals surface area contributed by atoms with Gasteiger partial charge in [-0.05, 0) is 75.1 Å². The second-order valence-corrected chi connectivity index (χ2v) is 10.0. The fraction of sp³-hybridized carbons (Fsp3) is 0.500. The smallest absolute Gasteiger partial charge is 0.305 e. The first-order valence-corrected chi connectivity index (χ1v) is 13.6. The van der Waals surface area contributed by atoms with Crippen molar-refractivity contribution in [3.8, 4) is 0 Å². The predicted molar refractivity (Wildman–Crippen MR) is 145 cm³/mol. The minimum Gasteiger partial charge on any atom is -0.481 e. The zero-order chi connectivity index (χ0) is 26.3. The van der Waals surface area contributed by atoms with E-state index in [0.29, 0.717) is 38.1 Å². The molecule has 2 aromatic rings. The summed E-state index contributed by atoms with van der Waals surface area (Å²) in [5.41, 5.74) is 2.21. The van der Waals surface area contributed by atoms with Crippen LogP contribution in [0.2, 0.25) is 0 Å². The van der Waals surface area contributed by atoms with Gasteiger partial charge in [0.05, 0.1) is 13.0 Å². The molecule has 0 unspecified atom stereocenters. The summed E-state index contributed by atoms with van der Waals surface area (Å²) in [6, 6.07) is 19.3. The molecule has 0 aliphatic carbocycles. The molecule has 0 radical (unpaired) electrons. The molecule has 0 saturated carbocycles. The lowest BCUT2D eigenvalue weighted by Gasteiger charge is -2.25. The zero-order valence-electron chi connectivity index (χ0n) is 21.7. The van der Waals surface area contributed by atoms with Crippen LogP contribution in [-0.2, 0) is 27.2 Å². The van der Waals surface area contributed by atoms with Crippen LogP contribution in [0, 0.1) is 5.92 Å². The molecule has 0 aromatic heterocycles. The monoisotopic (exact) mass is 507 g/mol. The van der Waals surface area contributed by atoms with E-state index in [1.807, 2.05) is 60.7 Å². The van der Waals surface area contributed by atoms with E-state index in [-0.39, 0.29) is 24.8 Å². The van der Waals surface area contributed by atoms with Gasteiger partial charge < -0.3 is 20.6 Å². The minimum absolute atomic E-state index is 0.0147. The van der Waals surface area contributed by atoms with Crippen molar-refractivity contribution in [3.05, 3.63) is 71.8 Å². The topological polar surface area (TPSA) is 98.7 Å². The molecule has 1 aliphatic heterocycles. The molecule has 200 valence electrons. The number of carboxylic acid groups (broad SMARTS) is 1. The largest absolute Gasteiger partial charge is 0.481 e. The van der Waals surface area contributed by atoms with Crippen molar-refractivity contribution in [3.63, 3.8) is 0 Å². The van der Waals surface area contributed by atoms with E-state index in [1.165, 1.54) is 0 Å². The second-order valence-electron chi connectivity index (χ2n) is 10.0. The van der Waals surface area contributed by atoms with E-state index in [1.54, 1.807) is 4.90 Å². The van der Waals surface area contributed by atoms with Crippen LogP contribution < -0.4 is 10.6 Å². The average Bonchev–Trinajstić information content (AvgIpc) is 2.91. The number of nitrogens with one attached hydrogen (secondary N) is 2. The van der Waals surface area contributed by atoms with E-state index in [4.69, 9.17) is 0 Å².